The first-order valence-corrected chi connectivity index (χ1v) is 5.04. The lowest BCUT2D eigenvalue weighted by Gasteiger charge is -2.09. The maximum atomic E-state index is 13.4. The zero-order chi connectivity index (χ0) is 12.8. The van der Waals surface area contributed by atoms with E-state index in [1.165, 1.54) is 13.2 Å². The first-order valence-electron chi connectivity index (χ1n) is 5.04. The molecule has 0 heterocycles. The highest BCUT2D eigenvalue weighted by Gasteiger charge is 2.13. The van der Waals surface area contributed by atoms with Crippen molar-refractivity contribution in [1.82, 2.24) is 0 Å². The van der Waals surface area contributed by atoms with E-state index in [1.807, 2.05) is 0 Å². The second-order valence-corrected chi connectivity index (χ2v) is 3.24. The molecule has 0 spiro atoms. The Morgan fingerprint density at radius 1 is 1.53 bits per heavy atom. The number of carbonyl (C=O) groups is 1. The predicted octanol–water partition coefficient (Wildman–Crippen LogP) is 1.81. The number of carbonyl (C=O) groups excluding carboxylic acids is 1. The van der Waals surface area contributed by atoms with Crippen LogP contribution in [0.3, 0.4) is 0 Å². The van der Waals surface area contributed by atoms with E-state index in [2.05, 4.69) is 0 Å². The zero-order valence-electron chi connectivity index (χ0n) is 9.62. The van der Waals surface area contributed by atoms with Crippen molar-refractivity contribution in [2.75, 3.05) is 13.7 Å². The first kappa shape index (κ1) is 13.0. The summed E-state index contributed by atoms with van der Waals surface area (Å²) in [6.07, 6.45) is -0.0837. The minimum Gasteiger partial charge on any atom is -0.496 e. The molecule has 0 aliphatic carbocycles. The summed E-state index contributed by atoms with van der Waals surface area (Å²) in [6, 6.07) is 4.09. The third kappa shape index (κ3) is 3.18. The molecule has 17 heavy (non-hydrogen) atoms. The Bertz CT molecular complexity index is 466. The molecular formula is C12H12FNO3. The minimum absolute atomic E-state index is 0.0837. The molecule has 0 amide bonds. The fourth-order valence-electron chi connectivity index (χ4n) is 1.38. The van der Waals surface area contributed by atoms with Crippen LogP contribution < -0.4 is 4.74 Å². The lowest BCUT2D eigenvalue weighted by molar-refractivity contribution is -0.142. The third-order valence-corrected chi connectivity index (χ3v) is 2.13. The molecule has 1 aromatic rings. The number of ether oxygens (including phenoxy) is 2. The second-order valence-electron chi connectivity index (χ2n) is 3.24. The van der Waals surface area contributed by atoms with Crippen LogP contribution in [0, 0.1) is 17.1 Å². The molecule has 0 bridgehead atoms. The monoisotopic (exact) mass is 237 g/mol. The van der Waals surface area contributed by atoms with Crippen molar-refractivity contribution in [1.29, 1.82) is 5.26 Å². The van der Waals surface area contributed by atoms with Crippen molar-refractivity contribution in [2.24, 2.45) is 0 Å². The number of rotatable bonds is 4. The van der Waals surface area contributed by atoms with Crippen molar-refractivity contribution in [3.8, 4) is 11.8 Å². The lowest BCUT2D eigenvalue weighted by atomic mass is 10.1. The van der Waals surface area contributed by atoms with Crippen molar-refractivity contribution >= 4 is 5.97 Å². The van der Waals surface area contributed by atoms with Crippen LogP contribution in [-0.2, 0) is 16.0 Å². The van der Waals surface area contributed by atoms with Gasteiger partial charge in [-0.15, -0.1) is 0 Å². The van der Waals surface area contributed by atoms with Gasteiger partial charge in [-0.1, -0.05) is 0 Å². The Labute approximate surface area is 98.6 Å². The van der Waals surface area contributed by atoms with E-state index in [4.69, 9.17) is 14.7 Å². The SMILES string of the molecule is CCOC(=O)Cc1cc(F)c(C#N)cc1OC. The number of benzene rings is 1. The Kier molecular flexibility index (Phi) is 4.46. The Hall–Kier alpha value is -2.09. The Morgan fingerprint density at radius 2 is 2.24 bits per heavy atom. The number of nitriles is 1. The summed E-state index contributed by atoms with van der Waals surface area (Å²) < 4.78 is 23.1. The average molecular weight is 237 g/mol. The van der Waals surface area contributed by atoms with Crippen molar-refractivity contribution in [3.63, 3.8) is 0 Å². The van der Waals surface area contributed by atoms with Crippen LogP contribution >= 0.6 is 0 Å². The highest BCUT2D eigenvalue weighted by molar-refractivity contribution is 5.73. The van der Waals surface area contributed by atoms with Gasteiger partial charge in [0.2, 0.25) is 0 Å². The van der Waals surface area contributed by atoms with Crippen LogP contribution in [0.15, 0.2) is 12.1 Å². The van der Waals surface area contributed by atoms with E-state index < -0.39 is 11.8 Å². The first-order chi connectivity index (χ1) is 8.12. The molecule has 0 unspecified atom stereocenters. The summed E-state index contributed by atoms with van der Waals surface area (Å²) in [6.45, 7) is 1.95. The predicted molar refractivity (Wildman–Crippen MR) is 58.0 cm³/mol. The number of methoxy groups -OCH3 is 1. The quantitative estimate of drug-likeness (QED) is 0.749. The van der Waals surface area contributed by atoms with Gasteiger partial charge in [0.1, 0.15) is 17.6 Å². The minimum atomic E-state index is -0.674. The van der Waals surface area contributed by atoms with Crippen LogP contribution in [0.25, 0.3) is 0 Å². The molecule has 0 aliphatic rings. The third-order valence-electron chi connectivity index (χ3n) is 2.13. The number of halogens is 1. The maximum absolute atomic E-state index is 13.4. The smallest absolute Gasteiger partial charge is 0.310 e. The molecule has 0 atom stereocenters. The van der Waals surface area contributed by atoms with Crippen molar-refractivity contribution < 1.29 is 18.7 Å². The van der Waals surface area contributed by atoms with Crippen LogP contribution in [0.5, 0.6) is 5.75 Å². The highest BCUT2D eigenvalue weighted by atomic mass is 19.1. The van der Waals surface area contributed by atoms with Gasteiger partial charge in [0.15, 0.2) is 0 Å². The molecule has 5 heteroatoms. The van der Waals surface area contributed by atoms with Crippen molar-refractivity contribution in [3.05, 3.63) is 29.1 Å². The summed E-state index contributed by atoms with van der Waals surface area (Å²) in [5.41, 5.74) is 0.247. The van der Waals surface area contributed by atoms with Gasteiger partial charge >= 0.3 is 5.97 Å². The average Bonchev–Trinajstić information content (AvgIpc) is 2.29. The summed E-state index contributed by atoms with van der Waals surface area (Å²) in [7, 11) is 1.39. The maximum Gasteiger partial charge on any atom is 0.310 e. The molecule has 0 radical (unpaired) electrons. The summed E-state index contributed by atoms with van der Waals surface area (Å²) in [5.74, 6) is -0.835. The van der Waals surface area contributed by atoms with Gasteiger partial charge < -0.3 is 9.47 Å². The van der Waals surface area contributed by atoms with Gasteiger partial charge in [0.05, 0.1) is 25.7 Å². The fraction of sp³-hybridized carbons (Fsp3) is 0.333. The zero-order valence-corrected chi connectivity index (χ0v) is 9.62. The largest absolute Gasteiger partial charge is 0.496 e. The molecule has 0 saturated carbocycles. The van der Waals surface area contributed by atoms with Gasteiger partial charge in [-0.2, -0.15) is 5.26 Å². The normalized spacial score (nSPS) is 9.53. The molecule has 4 nitrogen and oxygen atoms in total. The molecule has 0 aliphatic heterocycles. The topological polar surface area (TPSA) is 59.3 Å². The van der Waals surface area contributed by atoms with E-state index in [0.29, 0.717) is 11.3 Å². The van der Waals surface area contributed by atoms with Gasteiger partial charge in [-0.25, -0.2) is 4.39 Å². The van der Waals surface area contributed by atoms with Gasteiger partial charge in [0, 0.05) is 11.6 Å². The number of nitrogens with zero attached hydrogens (tertiary/aromatic N) is 1. The molecule has 1 rings (SSSR count). The number of hydrogen-bond acceptors (Lipinski definition) is 4. The molecule has 0 aromatic heterocycles. The molecule has 1 aromatic carbocycles. The molecule has 90 valence electrons. The summed E-state index contributed by atoms with van der Waals surface area (Å²) >= 11 is 0. The number of esters is 1. The highest BCUT2D eigenvalue weighted by Crippen LogP contribution is 2.23. The Balaban J connectivity index is 3.03. The second kappa shape index (κ2) is 5.85. The standard InChI is InChI=1S/C12H12FNO3/c1-3-17-12(15)6-8-4-10(13)9(7-14)5-11(8)16-2/h4-5H,3,6H2,1-2H3. The van der Waals surface area contributed by atoms with Gasteiger partial charge in [0.25, 0.3) is 0 Å². The van der Waals surface area contributed by atoms with Crippen molar-refractivity contribution in [2.45, 2.75) is 13.3 Å². The van der Waals surface area contributed by atoms with Crippen LogP contribution in [0.4, 0.5) is 4.39 Å². The molecule has 0 saturated heterocycles. The van der Waals surface area contributed by atoms with E-state index >= 15 is 0 Å². The van der Waals surface area contributed by atoms with E-state index in [-0.39, 0.29) is 18.6 Å². The summed E-state index contributed by atoms with van der Waals surface area (Å²) in [4.78, 5) is 11.3. The van der Waals surface area contributed by atoms with E-state index in [0.717, 1.165) is 6.07 Å². The molecule has 0 fully saturated rings. The summed E-state index contributed by atoms with van der Waals surface area (Å²) in [5, 5.41) is 8.66. The number of hydrogen-bond donors (Lipinski definition) is 0. The van der Waals surface area contributed by atoms with Gasteiger partial charge in [-0.3, -0.25) is 4.79 Å². The molecular weight excluding hydrogens is 225 g/mol. The van der Waals surface area contributed by atoms with E-state index in [9.17, 15) is 9.18 Å². The fourth-order valence-corrected chi connectivity index (χ4v) is 1.38. The van der Waals surface area contributed by atoms with Gasteiger partial charge in [-0.05, 0) is 13.0 Å². The lowest BCUT2D eigenvalue weighted by Crippen LogP contribution is -2.09. The van der Waals surface area contributed by atoms with Crippen LogP contribution in [0.2, 0.25) is 0 Å². The molecule has 0 N–H and O–H groups in total. The van der Waals surface area contributed by atoms with Crippen LogP contribution in [0.1, 0.15) is 18.1 Å². The Morgan fingerprint density at radius 3 is 2.76 bits per heavy atom. The van der Waals surface area contributed by atoms with Crippen LogP contribution in [-0.4, -0.2) is 19.7 Å². The van der Waals surface area contributed by atoms with E-state index in [1.54, 1.807) is 13.0 Å².